The van der Waals surface area contributed by atoms with Crippen molar-refractivity contribution in [3.8, 4) is 22.6 Å². The van der Waals surface area contributed by atoms with Crippen molar-refractivity contribution >= 4 is 5.52 Å². The molecule has 4 rings (SSSR count). The summed E-state index contributed by atoms with van der Waals surface area (Å²) in [6.07, 6.45) is 1.95. The topological polar surface area (TPSA) is 66.0 Å². The molecule has 0 N–H and O–H groups in total. The molecule has 1 atom stereocenters. The third-order valence-corrected chi connectivity index (χ3v) is 5.28. The summed E-state index contributed by atoms with van der Waals surface area (Å²) in [6.45, 7) is -0.240. The lowest BCUT2D eigenvalue weighted by Gasteiger charge is -2.18. The molecule has 4 aromatic rings. The largest absolute Gasteiger partial charge is 0.493 e. The van der Waals surface area contributed by atoms with E-state index in [2.05, 4.69) is 6.07 Å². The van der Waals surface area contributed by atoms with Gasteiger partial charge in [0.15, 0.2) is 11.5 Å². The number of pyridine rings is 1. The highest BCUT2D eigenvalue weighted by atomic mass is 16.6. The maximum atomic E-state index is 11.7. The number of nitro groups is 1. The van der Waals surface area contributed by atoms with Gasteiger partial charge in [-0.1, -0.05) is 42.5 Å². The highest BCUT2D eigenvalue weighted by Crippen LogP contribution is 2.39. The van der Waals surface area contributed by atoms with Crippen LogP contribution in [0.15, 0.2) is 79.0 Å². The van der Waals surface area contributed by atoms with Gasteiger partial charge in [-0.25, -0.2) is 0 Å². The quantitative estimate of drug-likeness (QED) is 0.321. The van der Waals surface area contributed by atoms with Crippen LogP contribution in [0.5, 0.6) is 11.5 Å². The van der Waals surface area contributed by atoms with Crippen LogP contribution < -0.4 is 9.47 Å². The number of fused-ring (bicyclic) bond motifs is 1. The van der Waals surface area contributed by atoms with Crippen LogP contribution >= 0.6 is 0 Å². The monoisotopic (exact) mass is 402 g/mol. The zero-order valence-corrected chi connectivity index (χ0v) is 16.8. The number of nitrogens with zero attached hydrogens (tertiary/aromatic N) is 2. The first-order valence-electron chi connectivity index (χ1n) is 9.61. The molecule has 0 fully saturated rings. The smallest absolute Gasteiger partial charge is 0.216 e. The lowest BCUT2D eigenvalue weighted by molar-refractivity contribution is -0.481. The van der Waals surface area contributed by atoms with Crippen molar-refractivity contribution in [2.45, 2.75) is 5.92 Å². The van der Waals surface area contributed by atoms with Gasteiger partial charge in [-0.2, -0.15) is 0 Å². The van der Waals surface area contributed by atoms with Crippen LogP contribution in [0.2, 0.25) is 0 Å². The van der Waals surface area contributed by atoms with Crippen LogP contribution in [-0.2, 0) is 0 Å². The fourth-order valence-corrected chi connectivity index (χ4v) is 3.92. The minimum atomic E-state index is -0.472. The molecule has 0 aliphatic heterocycles. The predicted octanol–water partition coefficient (Wildman–Crippen LogP) is 5.03. The molecule has 2 aromatic heterocycles. The standard InChI is InChI=1S/C24H22N2O4/c1-29-22-12-11-18(14-23(22)30-2)21(16-26(27)28)24-20(17-8-4-3-5-9-17)15-19-10-6-7-13-25(19)24/h3-15,21H,16H2,1-2H3/t21-/m0/s1. The summed E-state index contributed by atoms with van der Waals surface area (Å²) in [5, 5.41) is 11.7. The summed E-state index contributed by atoms with van der Waals surface area (Å²) in [5.74, 6) is 0.662. The van der Waals surface area contributed by atoms with Crippen LogP contribution in [0, 0.1) is 10.1 Å². The van der Waals surface area contributed by atoms with E-state index in [4.69, 9.17) is 9.47 Å². The normalized spacial score (nSPS) is 11.9. The van der Waals surface area contributed by atoms with Gasteiger partial charge < -0.3 is 13.9 Å². The molecular weight excluding hydrogens is 380 g/mol. The fourth-order valence-electron chi connectivity index (χ4n) is 3.92. The molecule has 0 saturated carbocycles. The molecule has 0 amide bonds. The van der Waals surface area contributed by atoms with Crippen LogP contribution in [0.4, 0.5) is 0 Å². The summed E-state index contributed by atoms with van der Waals surface area (Å²) in [4.78, 5) is 11.4. The Morgan fingerprint density at radius 2 is 1.67 bits per heavy atom. The number of ether oxygens (including phenoxy) is 2. The van der Waals surface area contributed by atoms with Crippen molar-refractivity contribution in [2.24, 2.45) is 0 Å². The Kier molecular flexibility index (Phi) is 5.39. The van der Waals surface area contributed by atoms with Gasteiger partial charge in [-0.3, -0.25) is 10.1 Å². The Morgan fingerprint density at radius 3 is 2.37 bits per heavy atom. The zero-order chi connectivity index (χ0) is 21.1. The van der Waals surface area contributed by atoms with E-state index in [0.29, 0.717) is 11.5 Å². The van der Waals surface area contributed by atoms with Crippen molar-refractivity contribution < 1.29 is 14.4 Å². The predicted molar refractivity (Wildman–Crippen MR) is 116 cm³/mol. The summed E-state index contributed by atoms with van der Waals surface area (Å²) in [6, 6.07) is 23.4. The first-order chi connectivity index (χ1) is 14.6. The Hall–Kier alpha value is -3.80. The van der Waals surface area contributed by atoms with Gasteiger partial charge in [-0.05, 0) is 41.5 Å². The molecule has 152 valence electrons. The van der Waals surface area contributed by atoms with Crippen molar-refractivity contribution in [1.82, 2.24) is 4.40 Å². The van der Waals surface area contributed by atoms with Crippen LogP contribution in [-0.4, -0.2) is 30.1 Å². The maximum Gasteiger partial charge on any atom is 0.216 e. The molecule has 0 spiro atoms. The number of benzene rings is 2. The number of hydrogen-bond acceptors (Lipinski definition) is 4. The van der Waals surface area contributed by atoms with Gasteiger partial charge in [0, 0.05) is 27.9 Å². The fraction of sp³-hybridized carbons (Fsp3) is 0.167. The van der Waals surface area contributed by atoms with E-state index in [1.165, 1.54) is 0 Å². The Morgan fingerprint density at radius 1 is 0.933 bits per heavy atom. The Bertz CT molecular complexity index is 1180. The van der Waals surface area contributed by atoms with E-state index in [9.17, 15) is 10.1 Å². The Labute approximate surface area is 174 Å². The number of methoxy groups -OCH3 is 2. The molecule has 0 aliphatic carbocycles. The Balaban J connectivity index is 1.97. The summed E-state index contributed by atoms with van der Waals surface area (Å²) < 4.78 is 12.8. The van der Waals surface area contributed by atoms with Gasteiger partial charge in [0.25, 0.3) is 0 Å². The van der Waals surface area contributed by atoms with Crippen molar-refractivity contribution in [1.29, 1.82) is 0 Å². The van der Waals surface area contributed by atoms with Crippen molar-refractivity contribution in [3.63, 3.8) is 0 Å². The third-order valence-electron chi connectivity index (χ3n) is 5.28. The van der Waals surface area contributed by atoms with Gasteiger partial charge in [0.2, 0.25) is 6.54 Å². The molecule has 0 unspecified atom stereocenters. The average molecular weight is 402 g/mol. The SMILES string of the molecule is COc1ccc([C@H](C[N+](=O)[O-])c2c(-c3ccccc3)cc3ccccn23)cc1OC. The lowest BCUT2D eigenvalue weighted by Crippen LogP contribution is -2.16. The molecule has 6 nitrogen and oxygen atoms in total. The molecule has 30 heavy (non-hydrogen) atoms. The number of rotatable bonds is 7. The summed E-state index contributed by atoms with van der Waals surface area (Å²) >= 11 is 0. The zero-order valence-electron chi connectivity index (χ0n) is 16.8. The van der Waals surface area contributed by atoms with E-state index in [0.717, 1.165) is 27.9 Å². The summed E-state index contributed by atoms with van der Waals surface area (Å²) in [5.41, 5.74) is 4.65. The first kappa shape index (κ1) is 19.5. The second-order valence-corrected chi connectivity index (χ2v) is 6.99. The average Bonchev–Trinajstić information content (AvgIpc) is 3.17. The van der Waals surface area contributed by atoms with E-state index >= 15 is 0 Å². The van der Waals surface area contributed by atoms with Gasteiger partial charge >= 0.3 is 0 Å². The van der Waals surface area contributed by atoms with E-state index in [1.807, 2.05) is 71.3 Å². The molecule has 0 radical (unpaired) electrons. The van der Waals surface area contributed by atoms with Gasteiger partial charge in [-0.15, -0.1) is 0 Å². The van der Waals surface area contributed by atoms with Gasteiger partial charge in [0.1, 0.15) is 0 Å². The highest BCUT2D eigenvalue weighted by Gasteiger charge is 2.28. The van der Waals surface area contributed by atoms with Gasteiger partial charge in [0.05, 0.1) is 20.1 Å². The molecule has 0 saturated heterocycles. The second-order valence-electron chi connectivity index (χ2n) is 6.99. The lowest BCUT2D eigenvalue weighted by atomic mass is 9.90. The first-order valence-corrected chi connectivity index (χ1v) is 9.61. The van der Waals surface area contributed by atoms with Crippen molar-refractivity contribution in [3.05, 3.63) is 100 Å². The second kappa shape index (κ2) is 8.29. The van der Waals surface area contributed by atoms with E-state index in [1.54, 1.807) is 20.3 Å². The molecule has 2 aromatic carbocycles. The summed E-state index contributed by atoms with van der Waals surface area (Å²) in [7, 11) is 3.13. The minimum absolute atomic E-state index is 0.240. The molecule has 0 aliphatic rings. The highest BCUT2D eigenvalue weighted by molar-refractivity contribution is 5.75. The van der Waals surface area contributed by atoms with Crippen molar-refractivity contribution in [2.75, 3.05) is 20.8 Å². The molecule has 0 bridgehead atoms. The van der Waals surface area contributed by atoms with E-state index in [-0.39, 0.29) is 11.5 Å². The number of hydrogen-bond donors (Lipinski definition) is 0. The van der Waals surface area contributed by atoms with Crippen LogP contribution in [0.25, 0.3) is 16.6 Å². The molecular formula is C24H22N2O4. The van der Waals surface area contributed by atoms with Crippen LogP contribution in [0.3, 0.4) is 0 Å². The minimum Gasteiger partial charge on any atom is -0.493 e. The number of aromatic nitrogens is 1. The molecule has 2 heterocycles. The van der Waals surface area contributed by atoms with E-state index < -0.39 is 5.92 Å². The molecule has 6 heteroatoms. The maximum absolute atomic E-state index is 11.7. The third kappa shape index (κ3) is 3.59. The van der Waals surface area contributed by atoms with Crippen LogP contribution in [0.1, 0.15) is 17.2 Å².